The van der Waals surface area contributed by atoms with Crippen LogP contribution in [0.1, 0.15) is 12.8 Å². The molecule has 0 atom stereocenters. The highest BCUT2D eigenvalue weighted by atomic mass is 32.2. The van der Waals surface area contributed by atoms with E-state index in [2.05, 4.69) is 5.32 Å². The fourth-order valence-electron chi connectivity index (χ4n) is 1.99. The molecule has 0 unspecified atom stereocenters. The van der Waals surface area contributed by atoms with E-state index in [1.807, 2.05) is 0 Å². The number of hydrogen-bond acceptors (Lipinski definition) is 5. The number of hydrogen-bond donors (Lipinski definition) is 3. The zero-order valence-electron chi connectivity index (χ0n) is 10.1. The van der Waals surface area contributed by atoms with Crippen molar-refractivity contribution in [2.75, 3.05) is 18.2 Å². The molecule has 5 N–H and O–H groups in total. The molecular weight excluding hydrogens is 254 g/mol. The molecule has 6 nitrogen and oxygen atoms in total. The van der Waals surface area contributed by atoms with Crippen LogP contribution in [0.25, 0.3) is 0 Å². The number of rotatable bonds is 4. The van der Waals surface area contributed by atoms with Crippen molar-refractivity contribution in [2.45, 2.75) is 29.9 Å². The van der Waals surface area contributed by atoms with Gasteiger partial charge in [-0.15, -0.1) is 0 Å². The van der Waals surface area contributed by atoms with Crippen LogP contribution < -0.4 is 16.2 Å². The van der Waals surface area contributed by atoms with Crippen LogP contribution in [0.4, 0.5) is 11.4 Å². The Morgan fingerprint density at radius 1 is 1.39 bits per heavy atom. The summed E-state index contributed by atoms with van der Waals surface area (Å²) >= 11 is 0. The highest BCUT2D eigenvalue weighted by Gasteiger charge is 2.30. The minimum absolute atomic E-state index is 0.0309. The van der Waals surface area contributed by atoms with Gasteiger partial charge >= 0.3 is 0 Å². The molecule has 1 aliphatic rings. The molecular formula is C11H17N3O3S. The second-order valence-electron chi connectivity index (χ2n) is 4.47. The summed E-state index contributed by atoms with van der Waals surface area (Å²) in [6.45, 7) is 0. The van der Waals surface area contributed by atoms with Gasteiger partial charge in [-0.05, 0) is 31.0 Å². The van der Waals surface area contributed by atoms with E-state index in [1.165, 1.54) is 6.07 Å². The second-order valence-corrected chi connectivity index (χ2v) is 6.00. The van der Waals surface area contributed by atoms with Crippen LogP contribution in [0.2, 0.25) is 0 Å². The lowest BCUT2D eigenvalue weighted by Gasteiger charge is -2.35. The number of nitrogens with two attached hydrogens (primary N) is 2. The average Bonchev–Trinajstić information content (AvgIpc) is 2.23. The lowest BCUT2D eigenvalue weighted by Crippen LogP contribution is -2.40. The van der Waals surface area contributed by atoms with Gasteiger partial charge in [0.25, 0.3) is 0 Å². The van der Waals surface area contributed by atoms with Gasteiger partial charge in [0.2, 0.25) is 10.0 Å². The van der Waals surface area contributed by atoms with Crippen molar-refractivity contribution >= 4 is 21.4 Å². The molecule has 0 aromatic heterocycles. The molecule has 0 spiro atoms. The first-order valence-corrected chi connectivity index (χ1v) is 7.16. The van der Waals surface area contributed by atoms with Crippen LogP contribution in [0.5, 0.6) is 0 Å². The van der Waals surface area contributed by atoms with E-state index in [9.17, 15) is 8.42 Å². The Balaban J connectivity index is 2.18. The highest BCUT2D eigenvalue weighted by molar-refractivity contribution is 7.89. The summed E-state index contributed by atoms with van der Waals surface area (Å²) in [5.74, 6) is 0. The third-order valence-corrected chi connectivity index (χ3v) is 4.05. The molecule has 18 heavy (non-hydrogen) atoms. The van der Waals surface area contributed by atoms with E-state index in [0.29, 0.717) is 11.4 Å². The predicted molar refractivity (Wildman–Crippen MR) is 69.7 cm³/mol. The largest absolute Gasteiger partial charge is 0.399 e. The van der Waals surface area contributed by atoms with Crippen molar-refractivity contribution in [1.82, 2.24) is 0 Å². The molecule has 0 saturated heterocycles. The lowest BCUT2D eigenvalue weighted by molar-refractivity contribution is 0.0328. The van der Waals surface area contributed by atoms with E-state index in [1.54, 1.807) is 19.2 Å². The number of methoxy groups -OCH3 is 1. The maximum Gasteiger partial charge on any atom is 0.240 e. The number of anilines is 2. The van der Waals surface area contributed by atoms with Crippen molar-refractivity contribution in [3.63, 3.8) is 0 Å². The summed E-state index contributed by atoms with van der Waals surface area (Å²) in [6, 6.07) is 4.85. The first-order valence-electron chi connectivity index (χ1n) is 5.62. The zero-order chi connectivity index (χ0) is 13.3. The quantitative estimate of drug-likeness (QED) is 0.691. The number of sulfonamides is 1. The molecule has 1 aromatic rings. The van der Waals surface area contributed by atoms with Gasteiger partial charge in [-0.25, -0.2) is 13.6 Å². The molecule has 1 fully saturated rings. The smallest absolute Gasteiger partial charge is 0.240 e. The Labute approximate surface area is 106 Å². The minimum Gasteiger partial charge on any atom is -0.399 e. The maximum atomic E-state index is 11.5. The molecule has 0 heterocycles. The summed E-state index contributed by atoms with van der Waals surface area (Å²) in [7, 11) is -2.11. The second kappa shape index (κ2) is 4.75. The Hall–Kier alpha value is -1.31. The third-order valence-electron chi connectivity index (χ3n) is 3.10. The first kappa shape index (κ1) is 13.1. The molecule has 7 heteroatoms. The fraction of sp³-hybridized carbons (Fsp3) is 0.455. The minimum atomic E-state index is -3.78. The molecule has 1 aromatic carbocycles. The Morgan fingerprint density at radius 2 is 2.06 bits per heavy atom. The standard InChI is InChI=1S/C11H17N3O3S/c1-17-9-5-8(6-9)14-10-3-2-7(12)4-11(10)18(13,15)16/h2-4,8-9,14H,5-6,12H2,1H3,(H2,13,15,16). The monoisotopic (exact) mass is 271 g/mol. The fourth-order valence-corrected chi connectivity index (χ4v) is 2.72. The highest BCUT2D eigenvalue weighted by Crippen LogP contribution is 2.30. The lowest BCUT2D eigenvalue weighted by atomic mass is 9.89. The Kier molecular flexibility index (Phi) is 3.47. The molecule has 0 amide bonds. The normalized spacial score (nSPS) is 23.4. The van der Waals surface area contributed by atoms with Crippen molar-refractivity contribution in [3.05, 3.63) is 18.2 Å². The van der Waals surface area contributed by atoms with Crippen LogP contribution in [0, 0.1) is 0 Å². The number of primary sulfonamides is 1. The summed E-state index contributed by atoms with van der Waals surface area (Å²) in [4.78, 5) is 0.0309. The average molecular weight is 271 g/mol. The van der Waals surface area contributed by atoms with Gasteiger partial charge in [-0.3, -0.25) is 0 Å². The van der Waals surface area contributed by atoms with E-state index in [-0.39, 0.29) is 17.0 Å². The van der Waals surface area contributed by atoms with E-state index in [4.69, 9.17) is 15.6 Å². The van der Waals surface area contributed by atoms with Crippen LogP contribution >= 0.6 is 0 Å². The molecule has 100 valence electrons. The van der Waals surface area contributed by atoms with Crippen LogP contribution in [0.15, 0.2) is 23.1 Å². The number of nitrogen functional groups attached to an aromatic ring is 1. The van der Waals surface area contributed by atoms with E-state index < -0.39 is 10.0 Å². The summed E-state index contributed by atoms with van der Waals surface area (Å²) in [6.07, 6.45) is 1.95. The predicted octanol–water partition coefficient (Wildman–Crippen LogP) is 0.506. The zero-order valence-corrected chi connectivity index (χ0v) is 10.9. The van der Waals surface area contributed by atoms with Crippen molar-refractivity contribution in [3.8, 4) is 0 Å². The van der Waals surface area contributed by atoms with Crippen LogP contribution in [-0.2, 0) is 14.8 Å². The summed E-state index contributed by atoms with van der Waals surface area (Å²) in [5.41, 5.74) is 6.44. The number of benzene rings is 1. The molecule has 0 aliphatic heterocycles. The Morgan fingerprint density at radius 3 is 2.61 bits per heavy atom. The van der Waals surface area contributed by atoms with Gasteiger partial charge in [0.1, 0.15) is 4.90 Å². The van der Waals surface area contributed by atoms with Gasteiger partial charge in [-0.2, -0.15) is 0 Å². The summed E-state index contributed by atoms with van der Waals surface area (Å²) in [5, 5.41) is 8.32. The SMILES string of the molecule is COC1CC(Nc2ccc(N)cc2S(N)(=O)=O)C1. The van der Waals surface area contributed by atoms with Crippen LogP contribution in [0.3, 0.4) is 0 Å². The third kappa shape index (κ3) is 2.74. The molecule has 1 saturated carbocycles. The number of nitrogens with one attached hydrogen (secondary N) is 1. The van der Waals surface area contributed by atoms with E-state index >= 15 is 0 Å². The molecule has 0 radical (unpaired) electrons. The van der Waals surface area contributed by atoms with Crippen LogP contribution in [-0.4, -0.2) is 27.7 Å². The van der Waals surface area contributed by atoms with Crippen molar-refractivity contribution in [2.24, 2.45) is 5.14 Å². The molecule has 2 rings (SSSR count). The molecule has 0 bridgehead atoms. The van der Waals surface area contributed by atoms with Gasteiger partial charge in [0.15, 0.2) is 0 Å². The van der Waals surface area contributed by atoms with Crippen molar-refractivity contribution < 1.29 is 13.2 Å². The summed E-state index contributed by atoms with van der Waals surface area (Å²) < 4.78 is 28.1. The van der Waals surface area contributed by atoms with Crippen molar-refractivity contribution in [1.29, 1.82) is 0 Å². The maximum absolute atomic E-state index is 11.5. The van der Waals surface area contributed by atoms with Gasteiger partial charge < -0.3 is 15.8 Å². The number of ether oxygens (including phenoxy) is 1. The molecule has 1 aliphatic carbocycles. The Bertz CT molecular complexity index is 538. The first-order chi connectivity index (χ1) is 8.40. The van der Waals surface area contributed by atoms with Gasteiger partial charge in [-0.1, -0.05) is 0 Å². The van der Waals surface area contributed by atoms with E-state index in [0.717, 1.165) is 12.8 Å². The van der Waals surface area contributed by atoms with Gasteiger partial charge in [0, 0.05) is 18.8 Å². The topological polar surface area (TPSA) is 107 Å². The van der Waals surface area contributed by atoms with Gasteiger partial charge in [0.05, 0.1) is 11.8 Å².